The van der Waals surface area contributed by atoms with Gasteiger partial charge in [-0.1, -0.05) is 30.3 Å². The SMILES string of the molecule is CN1OC[C@H](S(=O)(=O)NCc2cccc(C(F)(F)F)c2)[C@@H]1c1ccc(C(F)(F)F)cc1. The molecule has 2 atom stereocenters. The van der Waals surface area contributed by atoms with Crippen LogP contribution in [0.25, 0.3) is 0 Å². The minimum absolute atomic E-state index is 0.108. The molecule has 0 amide bonds. The monoisotopic (exact) mass is 468 g/mol. The Kier molecular flexibility index (Phi) is 6.38. The zero-order chi connectivity index (χ0) is 23.0. The van der Waals surface area contributed by atoms with Crippen LogP contribution >= 0.6 is 0 Å². The van der Waals surface area contributed by atoms with Crippen LogP contribution in [0.3, 0.4) is 0 Å². The first-order valence-electron chi connectivity index (χ1n) is 8.96. The topological polar surface area (TPSA) is 58.6 Å². The van der Waals surface area contributed by atoms with Crippen molar-refractivity contribution in [2.75, 3.05) is 13.7 Å². The fraction of sp³-hybridized carbons (Fsp3) is 0.368. The highest BCUT2D eigenvalue weighted by atomic mass is 32.2. The molecule has 0 aromatic heterocycles. The van der Waals surface area contributed by atoms with Gasteiger partial charge in [-0.15, -0.1) is 0 Å². The van der Waals surface area contributed by atoms with Crippen molar-refractivity contribution in [1.82, 2.24) is 9.79 Å². The molecule has 31 heavy (non-hydrogen) atoms. The molecule has 0 unspecified atom stereocenters. The molecule has 1 heterocycles. The van der Waals surface area contributed by atoms with Gasteiger partial charge >= 0.3 is 12.4 Å². The van der Waals surface area contributed by atoms with Crippen molar-refractivity contribution in [1.29, 1.82) is 0 Å². The van der Waals surface area contributed by atoms with Crippen LogP contribution in [0.15, 0.2) is 48.5 Å². The Morgan fingerprint density at radius 3 is 2.19 bits per heavy atom. The number of alkyl halides is 6. The summed E-state index contributed by atoms with van der Waals surface area (Å²) in [6.45, 7) is -0.647. The molecule has 0 radical (unpaired) electrons. The molecule has 1 saturated heterocycles. The molecule has 12 heteroatoms. The van der Waals surface area contributed by atoms with Crippen LogP contribution in [0.2, 0.25) is 0 Å². The van der Waals surface area contributed by atoms with Gasteiger partial charge < -0.3 is 0 Å². The van der Waals surface area contributed by atoms with Crippen LogP contribution in [0, 0.1) is 0 Å². The maximum atomic E-state index is 12.8. The molecule has 1 aliphatic heterocycles. The molecule has 3 rings (SSSR count). The summed E-state index contributed by atoms with van der Waals surface area (Å²) in [6.07, 6.45) is -9.10. The van der Waals surface area contributed by atoms with Crippen LogP contribution < -0.4 is 4.72 Å². The maximum absolute atomic E-state index is 12.8. The molecule has 0 spiro atoms. The highest BCUT2D eigenvalue weighted by Crippen LogP contribution is 2.36. The minimum atomic E-state index is -4.56. The number of halogens is 6. The molecule has 0 aliphatic carbocycles. The van der Waals surface area contributed by atoms with Gasteiger partial charge in [-0.25, -0.2) is 13.1 Å². The van der Waals surface area contributed by atoms with E-state index in [0.29, 0.717) is 5.56 Å². The number of hydrogen-bond acceptors (Lipinski definition) is 4. The predicted molar refractivity (Wildman–Crippen MR) is 98.9 cm³/mol. The zero-order valence-corrected chi connectivity index (χ0v) is 16.9. The zero-order valence-electron chi connectivity index (χ0n) is 16.0. The highest BCUT2D eigenvalue weighted by molar-refractivity contribution is 7.90. The van der Waals surface area contributed by atoms with Crippen molar-refractivity contribution >= 4 is 10.0 Å². The average molecular weight is 468 g/mol. The highest BCUT2D eigenvalue weighted by Gasteiger charge is 2.43. The molecule has 0 saturated carbocycles. The van der Waals surface area contributed by atoms with Gasteiger partial charge in [0.1, 0.15) is 5.25 Å². The smallest absolute Gasteiger partial charge is 0.297 e. The third-order valence-corrected chi connectivity index (χ3v) is 6.63. The first-order valence-corrected chi connectivity index (χ1v) is 10.5. The molecular weight excluding hydrogens is 450 g/mol. The van der Waals surface area contributed by atoms with Crippen molar-refractivity contribution < 1.29 is 39.6 Å². The first kappa shape index (κ1) is 23.5. The maximum Gasteiger partial charge on any atom is 0.416 e. The first-order chi connectivity index (χ1) is 14.3. The van der Waals surface area contributed by atoms with Gasteiger partial charge in [-0.3, -0.25) is 4.84 Å². The van der Waals surface area contributed by atoms with Gasteiger partial charge in [0.25, 0.3) is 0 Å². The van der Waals surface area contributed by atoms with Gasteiger partial charge in [-0.2, -0.15) is 31.4 Å². The number of hydrogen-bond donors (Lipinski definition) is 1. The summed E-state index contributed by atoms with van der Waals surface area (Å²) in [5.74, 6) is 0. The molecule has 170 valence electrons. The van der Waals surface area contributed by atoms with E-state index in [0.717, 1.165) is 24.3 Å². The van der Waals surface area contributed by atoms with E-state index >= 15 is 0 Å². The molecule has 1 N–H and O–H groups in total. The molecule has 0 bridgehead atoms. The minimum Gasteiger partial charge on any atom is -0.297 e. The third kappa shape index (κ3) is 5.37. The lowest BCUT2D eigenvalue weighted by Gasteiger charge is -2.23. The lowest BCUT2D eigenvalue weighted by atomic mass is 10.0. The van der Waals surface area contributed by atoms with Gasteiger partial charge in [0, 0.05) is 13.6 Å². The number of benzene rings is 2. The largest absolute Gasteiger partial charge is 0.416 e. The fourth-order valence-electron chi connectivity index (χ4n) is 3.30. The quantitative estimate of drug-likeness (QED) is 0.671. The summed E-state index contributed by atoms with van der Waals surface area (Å²) in [4.78, 5) is 5.28. The Morgan fingerprint density at radius 1 is 1.00 bits per heavy atom. The Labute approximate surface area is 174 Å². The summed E-state index contributed by atoms with van der Waals surface area (Å²) in [5, 5.41) is 0.0524. The number of nitrogens with one attached hydrogen (secondary N) is 1. The van der Waals surface area contributed by atoms with Gasteiger partial charge in [0.2, 0.25) is 10.0 Å². The van der Waals surface area contributed by atoms with Crippen molar-refractivity contribution in [3.8, 4) is 0 Å². The average Bonchev–Trinajstić information content (AvgIpc) is 3.08. The fourth-order valence-corrected chi connectivity index (χ4v) is 4.79. The standard InChI is InChI=1S/C19H18F6N2O3S/c1-27-17(13-5-7-14(8-6-13)18(20,21)22)16(11-30-27)31(28,29)26-10-12-3-2-4-15(9-12)19(23,24)25/h2-9,16-17,26H,10-11H2,1H3/t16-,17-/m0/s1. The molecular formula is C19H18F6N2O3S. The Hall–Kier alpha value is -2.15. The van der Waals surface area contributed by atoms with E-state index in [1.54, 1.807) is 0 Å². The van der Waals surface area contributed by atoms with Crippen molar-refractivity contribution in [3.05, 3.63) is 70.8 Å². The van der Waals surface area contributed by atoms with Crippen LogP contribution in [0.5, 0.6) is 0 Å². The van der Waals surface area contributed by atoms with Crippen molar-refractivity contribution in [2.24, 2.45) is 0 Å². The molecule has 5 nitrogen and oxygen atoms in total. The van der Waals surface area contributed by atoms with Crippen LogP contribution in [0.1, 0.15) is 28.3 Å². The molecule has 2 aromatic rings. The van der Waals surface area contributed by atoms with E-state index in [-0.39, 0.29) is 18.7 Å². The lowest BCUT2D eigenvalue weighted by molar-refractivity contribution is -0.138. The number of hydroxylamine groups is 2. The summed E-state index contributed by atoms with van der Waals surface area (Å²) in [6, 6.07) is 7.38. The van der Waals surface area contributed by atoms with Crippen molar-refractivity contribution in [2.45, 2.75) is 30.2 Å². The Bertz CT molecular complexity index is 1020. The second kappa shape index (κ2) is 8.41. The normalized spacial score (nSPS) is 20.9. The van der Waals surface area contributed by atoms with Crippen LogP contribution in [0.4, 0.5) is 26.3 Å². The van der Waals surface area contributed by atoms with E-state index in [4.69, 9.17) is 4.84 Å². The molecule has 1 aliphatic rings. The van der Waals surface area contributed by atoms with E-state index in [9.17, 15) is 34.8 Å². The lowest BCUT2D eigenvalue weighted by Crippen LogP contribution is -2.39. The second-order valence-corrected chi connectivity index (χ2v) is 8.99. The number of rotatable bonds is 5. The van der Waals surface area contributed by atoms with Gasteiger partial charge in [0.05, 0.1) is 23.8 Å². The van der Waals surface area contributed by atoms with Crippen LogP contribution in [-0.4, -0.2) is 32.4 Å². The third-order valence-electron chi connectivity index (χ3n) is 4.90. The Balaban J connectivity index is 1.78. The van der Waals surface area contributed by atoms with E-state index in [1.165, 1.54) is 36.4 Å². The number of nitrogens with zero attached hydrogens (tertiary/aromatic N) is 1. The van der Waals surface area contributed by atoms with Crippen molar-refractivity contribution in [3.63, 3.8) is 0 Å². The van der Waals surface area contributed by atoms with Gasteiger partial charge in [0.15, 0.2) is 0 Å². The van der Waals surface area contributed by atoms with E-state index < -0.39 is 44.8 Å². The van der Waals surface area contributed by atoms with Gasteiger partial charge in [-0.05, 0) is 29.3 Å². The Morgan fingerprint density at radius 2 is 1.61 bits per heavy atom. The van der Waals surface area contributed by atoms with E-state index in [1.807, 2.05) is 0 Å². The molecule has 1 fully saturated rings. The summed E-state index contributed by atoms with van der Waals surface area (Å²) < 4.78 is 105. The van der Waals surface area contributed by atoms with E-state index in [2.05, 4.69) is 4.72 Å². The summed E-state index contributed by atoms with van der Waals surface area (Å²) in [7, 11) is -2.65. The second-order valence-electron chi connectivity index (χ2n) is 7.01. The van der Waals surface area contributed by atoms with Crippen LogP contribution in [-0.2, 0) is 33.8 Å². The number of sulfonamides is 1. The predicted octanol–water partition coefficient (Wildman–Crippen LogP) is 4.13. The summed E-state index contributed by atoms with van der Waals surface area (Å²) in [5.41, 5.74) is -1.38. The molecule has 2 aromatic carbocycles. The summed E-state index contributed by atoms with van der Waals surface area (Å²) >= 11 is 0.